The van der Waals surface area contributed by atoms with Gasteiger partial charge in [-0.25, -0.2) is 4.39 Å². The van der Waals surface area contributed by atoms with Gasteiger partial charge >= 0.3 is 0 Å². The van der Waals surface area contributed by atoms with E-state index in [0.717, 1.165) is 30.2 Å². The van der Waals surface area contributed by atoms with Crippen LogP contribution in [0.1, 0.15) is 51.0 Å². The summed E-state index contributed by atoms with van der Waals surface area (Å²) in [5, 5.41) is 10.8. The first kappa shape index (κ1) is 14.0. The van der Waals surface area contributed by atoms with Crippen LogP contribution in [0.25, 0.3) is 0 Å². The van der Waals surface area contributed by atoms with E-state index >= 15 is 0 Å². The third-order valence-corrected chi connectivity index (χ3v) is 4.67. The summed E-state index contributed by atoms with van der Waals surface area (Å²) in [6.45, 7) is 2.19. The van der Waals surface area contributed by atoms with Crippen LogP contribution in [0.4, 0.5) is 4.39 Å². The molecule has 1 nitrogen and oxygen atoms in total. The molecule has 1 aliphatic rings. The fourth-order valence-corrected chi connectivity index (χ4v) is 3.29. The minimum Gasteiger partial charge on any atom is -0.385 e. The van der Waals surface area contributed by atoms with Crippen LogP contribution in [-0.2, 0) is 5.60 Å². The van der Waals surface area contributed by atoms with Gasteiger partial charge in [-0.3, -0.25) is 0 Å². The molecule has 1 N–H and O–H groups in total. The Morgan fingerprint density at radius 1 is 1.39 bits per heavy atom. The molecule has 0 radical (unpaired) electrons. The SMILES string of the molecule is CCC1CCCC(O)(c2cc(Br)ccc2F)CC1. The van der Waals surface area contributed by atoms with E-state index in [1.165, 1.54) is 6.07 Å². The Bertz CT molecular complexity index is 421. The molecule has 0 aromatic heterocycles. The predicted molar refractivity (Wildman–Crippen MR) is 74.9 cm³/mol. The highest BCUT2D eigenvalue weighted by Crippen LogP contribution is 2.40. The Hall–Kier alpha value is -0.410. The molecular formula is C15H20BrFO. The Morgan fingerprint density at radius 2 is 2.17 bits per heavy atom. The largest absolute Gasteiger partial charge is 0.385 e. The summed E-state index contributed by atoms with van der Waals surface area (Å²) in [5.74, 6) is 0.380. The molecule has 3 heteroatoms. The molecule has 0 saturated heterocycles. The number of halogens is 2. The minimum atomic E-state index is -0.988. The van der Waals surface area contributed by atoms with Gasteiger partial charge in [-0.2, -0.15) is 0 Å². The molecule has 0 aliphatic heterocycles. The van der Waals surface area contributed by atoms with E-state index in [2.05, 4.69) is 22.9 Å². The summed E-state index contributed by atoms with van der Waals surface area (Å²) in [6.07, 6.45) is 5.58. The van der Waals surface area contributed by atoms with Gasteiger partial charge < -0.3 is 5.11 Å². The molecule has 100 valence electrons. The van der Waals surface area contributed by atoms with E-state index < -0.39 is 5.60 Å². The maximum Gasteiger partial charge on any atom is 0.129 e. The van der Waals surface area contributed by atoms with E-state index in [0.29, 0.717) is 24.3 Å². The van der Waals surface area contributed by atoms with Crippen molar-refractivity contribution in [3.63, 3.8) is 0 Å². The van der Waals surface area contributed by atoms with Crippen LogP contribution >= 0.6 is 15.9 Å². The van der Waals surface area contributed by atoms with E-state index in [1.807, 2.05) is 0 Å². The molecule has 1 aliphatic carbocycles. The molecule has 0 spiro atoms. The van der Waals surface area contributed by atoms with Crippen LogP contribution in [-0.4, -0.2) is 5.11 Å². The summed E-state index contributed by atoms with van der Waals surface area (Å²) in [7, 11) is 0. The first-order valence-corrected chi connectivity index (χ1v) is 7.52. The molecular weight excluding hydrogens is 295 g/mol. The third-order valence-electron chi connectivity index (χ3n) is 4.18. The Kier molecular flexibility index (Phi) is 4.44. The van der Waals surface area contributed by atoms with Gasteiger partial charge in [0.1, 0.15) is 5.82 Å². The molecule has 2 unspecified atom stereocenters. The molecule has 18 heavy (non-hydrogen) atoms. The molecule has 0 bridgehead atoms. The van der Waals surface area contributed by atoms with Crippen molar-refractivity contribution in [1.29, 1.82) is 0 Å². The maximum atomic E-state index is 13.9. The van der Waals surface area contributed by atoms with E-state index in [-0.39, 0.29) is 5.82 Å². The van der Waals surface area contributed by atoms with Gasteiger partial charge in [-0.1, -0.05) is 35.7 Å². The van der Waals surface area contributed by atoms with Crippen molar-refractivity contribution in [2.45, 2.75) is 51.0 Å². The number of rotatable bonds is 2. The van der Waals surface area contributed by atoms with Gasteiger partial charge in [-0.05, 0) is 49.8 Å². The number of aliphatic hydroxyl groups is 1. The quantitative estimate of drug-likeness (QED) is 0.780. The lowest BCUT2D eigenvalue weighted by Gasteiger charge is -2.28. The average Bonchev–Trinajstić information content (AvgIpc) is 2.55. The first-order chi connectivity index (χ1) is 8.55. The average molecular weight is 315 g/mol. The molecule has 2 atom stereocenters. The maximum absolute atomic E-state index is 13.9. The van der Waals surface area contributed by atoms with Crippen LogP contribution in [0.3, 0.4) is 0 Å². The molecule has 0 amide bonds. The Balaban J connectivity index is 2.27. The van der Waals surface area contributed by atoms with Crippen LogP contribution in [0.2, 0.25) is 0 Å². The van der Waals surface area contributed by atoms with Crippen LogP contribution in [0.15, 0.2) is 22.7 Å². The molecule has 1 aromatic carbocycles. The van der Waals surface area contributed by atoms with E-state index in [9.17, 15) is 9.50 Å². The molecule has 1 fully saturated rings. The summed E-state index contributed by atoms with van der Waals surface area (Å²) in [6, 6.07) is 4.83. The molecule has 2 rings (SSSR count). The highest BCUT2D eigenvalue weighted by atomic mass is 79.9. The fourth-order valence-electron chi connectivity index (χ4n) is 2.93. The monoisotopic (exact) mass is 314 g/mol. The van der Waals surface area contributed by atoms with Crippen LogP contribution < -0.4 is 0 Å². The number of hydrogen-bond acceptors (Lipinski definition) is 1. The predicted octanol–water partition coefficient (Wildman–Crippen LogP) is 4.77. The van der Waals surface area contributed by atoms with Gasteiger partial charge in [0, 0.05) is 10.0 Å². The van der Waals surface area contributed by atoms with Gasteiger partial charge in [0.15, 0.2) is 0 Å². The topological polar surface area (TPSA) is 20.2 Å². The zero-order valence-corrected chi connectivity index (χ0v) is 12.3. The summed E-state index contributed by atoms with van der Waals surface area (Å²) >= 11 is 3.35. The van der Waals surface area contributed by atoms with Crippen molar-refractivity contribution in [3.05, 3.63) is 34.1 Å². The van der Waals surface area contributed by atoms with E-state index in [1.54, 1.807) is 12.1 Å². The Labute approximate surface area is 117 Å². The minimum absolute atomic E-state index is 0.296. The number of hydrogen-bond donors (Lipinski definition) is 1. The van der Waals surface area contributed by atoms with E-state index in [4.69, 9.17) is 0 Å². The van der Waals surface area contributed by atoms with Crippen molar-refractivity contribution in [2.24, 2.45) is 5.92 Å². The van der Waals surface area contributed by atoms with Gasteiger partial charge in [0.25, 0.3) is 0 Å². The van der Waals surface area contributed by atoms with Crippen molar-refractivity contribution in [2.75, 3.05) is 0 Å². The normalized spacial score (nSPS) is 29.0. The number of benzene rings is 1. The first-order valence-electron chi connectivity index (χ1n) is 6.73. The second-order valence-corrected chi connectivity index (χ2v) is 6.28. The Morgan fingerprint density at radius 3 is 2.89 bits per heavy atom. The highest BCUT2D eigenvalue weighted by Gasteiger charge is 2.34. The van der Waals surface area contributed by atoms with Gasteiger partial charge in [0.05, 0.1) is 5.60 Å². The summed E-state index contributed by atoms with van der Waals surface area (Å²) in [4.78, 5) is 0. The third kappa shape index (κ3) is 2.94. The second kappa shape index (κ2) is 5.70. The van der Waals surface area contributed by atoms with Crippen LogP contribution in [0.5, 0.6) is 0 Å². The van der Waals surface area contributed by atoms with Crippen molar-refractivity contribution in [3.8, 4) is 0 Å². The zero-order chi connectivity index (χ0) is 13.2. The zero-order valence-electron chi connectivity index (χ0n) is 10.8. The summed E-state index contributed by atoms with van der Waals surface area (Å²) < 4.78 is 14.8. The van der Waals surface area contributed by atoms with Gasteiger partial charge in [-0.15, -0.1) is 0 Å². The van der Waals surface area contributed by atoms with Crippen molar-refractivity contribution in [1.82, 2.24) is 0 Å². The van der Waals surface area contributed by atoms with Crippen molar-refractivity contribution < 1.29 is 9.50 Å². The second-order valence-electron chi connectivity index (χ2n) is 5.36. The lowest BCUT2D eigenvalue weighted by molar-refractivity contribution is 0.0161. The van der Waals surface area contributed by atoms with Crippen molar-refractivity contribution >= 4 is 15.9 Å². The lowest BCUT2D eigenvalue weighted by atomic mass is 9.86. The van der Waals surface area contributed by atoms with Crippen LogP contribution in [0, 0.1) is 11.7 Å². The molecule has 0 heterocycles. The lowest BCUT2D eigenvalue weighted by Crippen LogP contribution is -2.26. The fraction of sp³-hybridized carbons (Fsp3) is 0.600. The molecule has 1 aromatic rings. The highest BCUT2D eigenvalue weighted by molar-refractivity contribution is 9.10. The summed E-state index contributed by atoms with van der Waals surface area (Å²) in [5.41, 5.74) is -0.536. The smallest absolute Gasteiger partial charge is 0.129 e. The van der Waals surface area contributed by atoms with Gasteiger partial charge in [0.2, 0.25) is 0 Å². The standard InChI is InChI=1S/C15H20BrFO/c1-2-11-4-3-8-15(18,9-7-11)13-10-12(16)5-6-14(13)17/h5-6,10-11,18H,2-4,7-9H2,1H3. The molecule has 1 saturated carbocycles.